The van der Waals surface area contributed by atoms with Crippen molar-refractivity contribution in [3.05, 3.63) is 30.6 Å². The molecule has 1 N–H and O–H groups in total. The summed E-state index contributed by atoms with van der Waals surface area (Å²) < 4.78 is 0. The molecule has 3 rings (SSSR count). The van der Waals surface area contributed by atoms with Crippen molar-refractivity contribution in [3.8, 4) is 0 Å². The molecule has 18 heavy (non-hydrogen) atoms. The smallest absolute Gasteiger partial charge is 0.129 e. The summed E-state index contributed by atoms with van der Waals surface area (Å²) in [7, 11) is 0. The molecule has 0 amide bonds. The van der Waals surface area contributed by atoms with Gasteiger partial charge in [-0.15, -0.1) is 24.8 Å². The Morgan fingerprint density at radius 1 is 1.06 bits per heavy atom. The van der Waals surface area contributed by atoms with Gasteiger partial charge in [0, 0.05) is 37.8 Å². The monoisotopic (exact) mass is 286 g/mol. The van der Waals surface area contributed by atoms with Crippen molar-refractivity contribution in [1.29, 1.82) is 0 Å². The van der Waals surface area contributed by atoms with Crippen LogP contribution in [-0.2, 0) is 0 Å². The second-order valence-corrected chi connectivity index (χ2v) is 3.97. The van der Waals surface area contributed by atoms with E-state index in [2.05, 4.69) is 32.3 Å². The molecule has 0 unspecified atom stereocenters. The highest BCUT2D eigenvalue weighted by molar-refractivity contribution is 5.85. The number of hydrogen-bond donors (Lipinski definition) is 1. The Balaban J connectivity index is 0.000000810. The summed E-state index contributed by atoms with van der Waals surface area (Å²) in [6.45, 7) is 4.12. The fourth-order valence-corrected chi connectivity index (χ4v) is 2.03. The minimum atomic E-state index is 0. The molecule has 0 atom stereocenters. The van der Waals surface area contributed by atoms with Crippen LogP contribution in [0.3, 0.4) is 0 Å². The first kappa shape index (κ1) is 15.0. The molecule has 0 aromatic carbocycles. The molecule has 4 nitrogen and oxygen atoms in total. The zero-order chi connectivity index (χ0) is 10.8. The highest BCUT2D eigenvalue weighted by Crippen LogP contribution is 2.17. The zero-order valence-electron chi connectivity index (χ0n) is 9.87. The maximum absolute atomic E-state index is 4.63. The summed E-state index contributed by atoms with van der Waals surface area (Å²) in [5.74, 6) is 1.06. The van der Waals surface area contributed by atoms with Gasteiger partial charge < -0.3 is 10.2 Å². The van der Waals surface area contributed by atoms with Crippen LogP contribution >= 0.6 is 24.8 Å². The summed E-state index contributed by atoms with van der Waals surface area (Å²) in [6, 6.07) is 6.19. The van der Waals surface area contributed by atoms with E-state index in [9.17, 15) is 0 Å². The summed E-state index contributed by atoms with van der Waals surface area (Å²) >= 11 is 0. The molecule has 0 saturated carbocycles. The SMILES string of the molecule is Cl.Cl.c1cc2ccc(N3CCNCC3)nc2cn1. The molecular formula is C12H16Cl2N4. The molecule has 0 aliphatic carbocycles. The van der Waals surface area contributed by atoms with Crippen LogP contribution in [0.25, 0.3) is 10.9 Å². The van der Waals surface area contributed by atoms with Gasteiger partial charge in [0.05, 0.1) is 11.7 Å². The van der Waals surface area contributed by atoms with Crippen molar-refractivity contribution in [2.45, 2.75) is 0 Å². The largest absolute Gasteiger partial charge is 0.354 e. The van der Waals surface area contributed by atoms with Crippen LogP contribution in [0.15, 0.2) is 30.6 Å². The van der Waals surface area contributed by atoms with Gasteiger partial charge in [0.15, 0.2) is 0 Å². The minimum Gasteiger partial charge on any atom is -0.354 e. The van der Waals surface area contributed by atoms with Gasteiger partial charge in [0.2, 0.25) is 0 Å². The van der Waals surface area contributed by atoms with Crippen molar-refractivity contribution in [2.24, 2.45) is 0 Å². The summed E-state index contributed by atoms with van der Waals surface area (Å²) in [5.41, 5.74) is 0.971. The van der Waals surface area contributed by atoms with Crippen LogP contribution < -0.4 is 10.2 Å². The number of aromatic nitrogens is 2. The average Bonchev–Trinajstić information content (AvgIpc) is 2.39. The van der Waals surface area contributed by atoms with Crippen molar-refractivity contribution in [1.82, 2.24) is 15.3 Å². The van der Waals surface area contributed by atoms with Crippen LogP contribution in [0.2, 0.25) is 0 Å². The van der Waals surface area contributed by atoms with E-state index in [4.69, 9.17) is 0 Å². The molecule has 98 valence electrons. The molecule has 2 aromatic heterocycles. The number of pyridine rings is 2. The lowest BCUT2D eigenvalue weighted by Gasteiger charge is -2.28. The fourth-order valence-electron chi connectivity index (χ4n) is 2.03. The van der Waals surface area contributed by atoms with Crippen molar-refractivity contribution in [2.75, 3.05) is 31.1 Å². The van der Waals surface area contributed by atoms with Gasteiger partial charge >= 0.3 is 0 Å². The number of rotatable bonds is 1. The summed E-state index contributed by atoms with van der Waals surface area (Å²) in [4.78, 5) is 11.0. The number of nitrogens with zero attached hydrogens (tertiary/aromatic N) is 3. The molecular weight excluding hydrogens is 271 g/mol. The fraction of sp³-hybridized carbons (Fsp3) is 0.333. The predicted octanol–water partition coefficient (Wildman–Crippen LogP) is 1.88. The Labute approximate surface area is 119 Å². The third kappa shape index (κ3) is 3.02. The van der Waals surface area contributed by atoms with Gasteiger partial charge in [0.25, 0.3) is 0 Å². The molecule has 0 radical (unpaired) electrons. The van der Waals surface area contributed by atoms with Crippen molar-refractivity contribution < 1.29 is 0 Å². The van der Waals surface area contributed by atoms with E-state index < -0.39 is 0 Å². The maximum atomic E-state index is 4.63. The van der Waals surface area contributed by atoms with Crippen LogP contribution in [-0.4, -0.2) is 36.1 Å². The first-order valence-electron chi connectivity index (χ1n) is 5.60. The third-order valence-corrected chi connectivity index (χ3v) is 2.92. The normalized spacial score (nSPS) is 14.8. The van der Waals surface area contributed by atoms with Crippen molar-refractivity contribution in [3.63, 3.8) is 0 Å². The van der Waals surface area contributed by atoms with E-state index in [1.807, 2.05) is 12.3 Å². The maximum Gasteiger partial charge on any atom is 0.129 e. The van der Waals surface area contributed by atoms with E-state index in [-0.39, 0.29) is 24.8 Å². The van der Waals surface area contributed by atoms with Gasteiger partial charge in [-0.3, -0.25) is 4.98 Å². The number of fused-ring (bicyclic) bond motifs is 1. The Kier molecular flexibility index (Phi) is 5.59. The molecule has 1 aliphatic rings. The minimum absolute atomic E-state index is 0. The Hall–Kier alpha value is -1.10. The number of anilines is 1. The van der Waals surface area contributed by atoms with Gasteiger partial charge in [0.1, 0.15) is 5.82 Å². The molecule has 0 spiro atoms. The molecule has 1 aliphatic heterocycles. The van der Waals surface area contributed by atoms with Gasteiger partial charge in [-0.25, -0.2) is 4.98 Å². The molecule has 1 fully saturated rings. The molecule has 6 heteroatoms. The van der Waals surface area contributed by atoms with Crippen LogP contribution in [0.4, 0.5) is 5.82 Å². The second kappa shape index (κ2) is 6.73. The first-order valence-corrected chi connectivity index (χ1v) is 5.60. The van der Waals surface area contributed by atoms with Crippen LogP contribution in [0.1, 0.15) is 0 Å². The average molecular weight is 287 g/mol. The number of piperazine rings is 1. The standard InChI is InChI=1S/C12H14N4.2ClH/c1-2-12(16-7-5-13-6-8-16)15-11-9-14-4-3-10(1)11;;/h1-4,9,13H,5-8H2;2*1H. The lowest BCUT2D eigenvalue weighted by molar-refractivity contribution is 0.585. The van der Waals surface area contributed by atoms with Gasteiger partial charge in [-0.05, 0) is 18.2 Å². The third-order valence-electron chi connectivity index (χ3n) is 2.92. The Morgan fingerprint density at radius 3 is 2.61 bits per heavy atom. The highest BCUT2D eigenvalue weighted by Gasteiger charge is 2.11. The summed E-state index contributed by atoms with van der Waals surface area (Å²) in [6.07, 6.45) is 3.62. The number of halogens is 2. The quantitative estimate of drug-likeness (QED) is 0.869. The van der Waals surface area contributed by atoms with E-state index in [1.165, 1.54) is 0 Å². The molecule has 3 heterocycles. The Bertz CT molecular complexity index is 500. The first-order chi connectivity index (χ1) is 7.93. The van der Waals surface area contributed by atoms with Crippen molar-refractivity contribution >= 4 is 41.5 Å². The molecule has 0 bridgehead atoms. The van der Waals surface area contributed by atoms with E-state index in [1.54, 1.807) is 6.20 Å². The predicted molar refractivity (Wildman–Crippen MR) is 79.1 cm³/mol. The topological polar surface area (TPSA) is 41.0 Å². The van der Waals surface area contributed by atoms with E-state index in [0.717, 1.165) is 42.9 Å². The molecule has 1 saturated heterocycles. The van der Waals surface area contributed by atoms with Crippen LogP contribution in [0.5, 0.6) is 0 Å². The molecule has 2 aromatic rings. The number of nitrogens with one attached hydrogen (secondary N) is 1. The van der Waals surface area contributed by atoms with Gasteiger partial charge in [-0.1, -0.05) is 0 Å². The number of hydrogen-bond acceptors (Lipinski definition) is 4. The zero-order valence-corrected chi connectivity index (χ0v) is 11.5. The summed E-state index contributed by atoms with van der Waals surface area (Å²) in [5, 5.41) is 4.49. The second-order valence-electron chi connectivity index (χ2n) is 3.97. The van der Waals surface area contributed by atoms with E-state index >= 15 is 0 Å². The Morgan fingerprint density at radius 2 is 1.83 bits per heavy atom. The highest BCUT2D eigenvalue weighted by atomic mass is 35.5. The van der Waals surface area contributed by atoms with Gasteiger partial charge in [-0.2, -0.15) is 0 Å². The lowest BCUT2D eigenvalue weighted by Crippen LogP contribution is -2.43. The van der Waals surface area contributed by atoms with E-state index in [0.29, 0.717) is 0 Å². The lowest BCUT2D eigenvalue weighted by atomic mass is 10.2. The van der Waals surface area contributed by atoms with Crippen LogP contribution in [0, 0.1) is 0 Å².